The zero-order valence-corrected chi connectivity index (χ0v) is 26.2. The number of methoxy groups -OCH3 is 1. The number of hydrogen-bond acceptors (Lipinski definition) is 6. The van der Waals surface area contributed by atoms with Crippen LogP contribution in [0.2, 0.25) is 0 Å². The van der Waals surface area contributed by atoms with Crippen LogP contribution in [0.15, 0.2) is 96.2 Å². The van der Waals surface area contributed by atoms with Gasteiger partial charge in [0.15, 0.2) is 5.78 Å². The highest BCUT2D eigenvalue weighted by Crippen LogP contribution is 2.29. The van der Waals surface area contributed by atoms with Crippen molar-refractivity contribution < 1.29 is 23.2 Å². The number of carbonyl (C=O) groups excluding carboxylic acids is 1. The Morgan fingerprint density at radius 2 is 1.82 bits per heavy atom. The van der Waals surface area contributed by atoms with Gasteiger partial charge in [0.2, 0.25) is 0 Å². The Morgan fingerprint density at radius 1 is 1.02 bits per heavy atom. The Balaban J connectivity index is 1.20. The molecule has 0 radical (unpaired) electrons. The van der Waals surface area contributed by atoms with Crippen LogP contribution in [0.25, 0.3) is 17.2 Å². The molecule has 0 N–H and O–H groups in total. The SMILES string of the molecule is CCCc1ccncc1C[S@@](=O)c1ccc(CC(=O)/C=C/c2cc(-c3ccc(OC4CCCOC4)cc3)ccc2OC)cc1. The molecule has 0 bridgehead atoms. The molecule has 2 atom stereocenters. The second-order valence-corrected chi connectivity index (χ2v) is 12.4. The summed E-state index contributed by atoms with van der Waals surface area (Å²) in [5, 5.41) is 0. The van der Waals surface area contributed by atoms with Crippen molar-refractivity contribution >= 4 is 22.7 Å². The van der Waals surface area contributed by atoms with Gasteiger partial charge in [0.1, 0.15) is 17.6 Å². The van der Waals surface area contributed by atoms with Crippen LogP contribution >= 0.6 is 0 Å². The molecular formula is C37H39NO5S. The lowest BCUT2D eigenvalue weighted by molar-refractivity contribution is -0.113. The number of ether oxygens (including phenoxy) is 3. The van der Waals surface area contributed by atoms with Gasteiger partial charge in [0.05, 0.1) is 30.3 Å². The second-order valence-electron chi connectivity index (χ2n) is 10.9. The minimum atomic E-state index is -1.19. The normalized spacial score (nSPS) is 15.6. The zero-order valence-electron chi connectivity index (χ0n) is 25.4. The Morgan fingerprint density at radius 3 is 2.55 bits per heavy atom. The van der Waals surface area contributed by atoms with E-state index in [2.05, 4.69) is 11.9 Å². The number of aryl methyl sites for hydroxylation is 1. The van der Waals surface area contributed by atoms with Gasteiger partial charge >= 0.3 is 0 Å². The smallest absolute Gasteiger partial charge is 0.160 e. The lowest BCUT2D eigenvalue weighted by Gasteiger charge is -2.23. The van der Waals surface area contributed by atoms with E-state index in [9.17, 15) is 9.00 Å². The number of nitrogens with zero attached hydrogens (tertiary/aromatic N) is 1. The Hall–Kier alpha value is -4.07. The molecule has 1 aromatic heterocycles. The third kappa shape index (κ3) is 8.52. The van der Waals surface area contributed by atoms with E-state index in [1.54, 1.807) is 25.5 Å². The number of carbonyl (C=O) groups is 1. The van der Waals surface area contributed by atoms with Gasteiger partial charge < -0.3 is 14.2 Å². The van der Waals surface area contributed by atoms with E-state index in [0.717, 1.165) is 70.8 Å². The predicted octanol–water partition coefficient (Wildman–Crippen LogP) is 7.40. The van der Waals surface area contributed by atoms with Crippen molar-refractivity contribution in [2.75, 3.05) is 20.3 Å². The van der Waals surface area contributed by atoms with Gasteiger partial charge in [-0.25, -0.2) is 0 Å². The monoisotopic (exact) mass is 609 g/mol. The van der Waals surface area contributed by atoms with E-state index in [4.69, 9.17) is 14.2 Å². The quantitative estimate of drug-likeness (QED) is 0.147. The van der Waals surface area contributed by atoms with Crippen molar-refractivity contribution in [1.29, 1.82) is 0 Å². The van der Waals surface area contributed by atoms with E-state index in [-0.39, 0.29) is 18.3 Å². The third-order valence-electron chi connectivity index (χ3n) is 7.66. The van der Waals surface area contributed by atoms with Crippen molar-refractivity contribution in [2.24, 2.45) is 0 Å². The number of allylic oxidation sites excluding steroid dienone is 1. The first-order chi connectivity index (χ1) is 21.5. The summed E-state index contributed by atoms with van der Waals surface area (Å²) in [5.74, 6) is 1.92. The third-order valence-corrected chi connectivity index (χ3v) is 9.03. The molecule has 0 aliphatic carbocycles. The van der Waals surface area contributed by atoms with Crippen LogP contribution in [-0.2, 0) is 38.9 Å². The highest BCUT2D eigenvalue weighted by atomic mass is 32.2. The minimum absolute atomic E-state index is 0.0286. The number of benzene rings is 3. The molecule has 1 unspecified atom stereocenters. The van der Waals surface area contributed by atoms with E-state index in [0.29, 0.717) is 18.1 Å². The van der Waals surface area contributed by atoms with Gasteiger partial charge in [-0.1, -0.05) is 43.7 Å². The molecule has 3 aromatic carbocycles. The van der Waals surface area contributed by atoms with Crippen LogP contribution in [0.5, 0.6) is 11.5 Å². The maximum Gasteiger partial charge on any atom is 0.160 e. The lowest BCUT2D eigenvalue weighted by atomic mass is 10.0. The summed E-state index contributed by atoms with van der Waals surface area (Å²) in [5.41, 5.74) is 5.97. The largest absolute Gasteiger partial charge is 0.496 e. The topological polar surface area (TPSA) is 74.7 Å². The number of aromatic nitrogens is 1. The Kier molecular flexibility index (Phi) is 11.1. The molecule has 7 heteroatoms. The first kappa shape index (κ1) is 31.4. The van der Waals surface area contributed by atoms with Crippen molar-refractivity contribution in [1.82, 2.24) is 4.98 Å². The summed E-state index contributed by atoms with van der Waals surface area (Å²) >= 11 is 0. The van der Waals surface area contributed by atoms with Gasteiger partial charge in [-0.3, -0.25) is 14.0 Å². The molecule has 1 aliphatic rings. The van der Waals surface area contributed by atoms with Crippen LogP contribution in [0.1, 0.15) is 48.4 Å². The number of ketones is 1. The summed E-state index contributed by atoms with van der Waals surface area (Å²) < 4.78 is 30.2. The molecule has 4 aromatic rings. The standard InChI is InChI=1S/C37H39NO5S/c1-3-5-28-19-20-38-24-32(28)26-44(40)36-16-7-27(8-17-36)22-33(39)13-9-31-23-30(12-18-37(31)41-2)29-10-14-34(15-11-29)43-35-6-4-21-42-25-35/h7-20,23-24,35H,3-6,21-22,25-26H2,1-2H3/b13-9+/t35?,44-/m1/s1. The van der Waals surface area contributed by atoms with E-state index in [1.807, 2.05) is 79.0 Å². The number of pyridine rings is 1. The van der Waals surface area contributed by atoms with Crippen LogP contribution in [0.3, 0.4) is 0 Å². The molecule has 5 rings (SSSR count). The molecule has 1 aliphatic heterocycles. The molecule has 1 saturated heterocycles. The minimum Gasteiger partial charge on any atom is -0.496 e. The summed E-state index contributed by atoms with van der Waals surface area (Å²) in [6.07, 6.45) is 11.3. The predicted molar refractivity (Wildman–Crippen MR) is 175 cm³/mol. The molecule has 2 heterocycles. The molecule has 0 saturated carbocycles. The van der Waals surface area contributed by atoms with Crippen LogP contribution in [0, 0.1) is 0 Å². The molecule has 0 spiro atoms. The van der Waals surface area contributed by atoms with E-state index < -0.39 is 10.8 Å². The van der Waals surface area contributed by atoms with Crippen molar-refractivity contribution in [2.45, 2.75) is 55.8 Å². The summed E-state index contributed by atoms with van der Waals surface area (Å²) in [7, 11) is 0.437. The summed E-state index contributed by atoms with van der Waals surface area (Å²) in [6.45, 7) is 3.57. The lowest BCUT2D eigenvalue weighted by Crippen LogP contribution is -2.27. The van der Waals surface area contributed by atoms with Gasteiger partial charge in [-0.15, -0.1) is 0 Å². The fourth-order valence-electron chi connectivity index (χ4n) is 5.29. The van der Waals surface area contributed by atoms with Crippen molar-refractivity contribution in [3.05, 3.63) is 114 Å². The summed E-state index contributed by atoms with van der Waals surface area (Å²) in [6, 6.07) is 23.5. The fraction of sp³-hybridized carbons (Fsp3) is 0.297. The molecule has 1 fully saturated rings. The van der Waals surface area contributed by atoms with Crippen molar-refractivity contribution in [3.63, 3.8) is 0 Å². The van der Waals surface area contributed by atoms with Crippen LogP contribution in [0.4, 0.5) is 0 Å². The van der Waals surface area contributed by atoms with Gasteiger partial charge in [-0.05, 0) is 102 Å². The number of rotatable bonds is 13. The zero-order chi connectivity index (χ0) is 30.7. The average Bonchev–Trinajstić information content (AvgIpc) is 3.06. The Bertz CT molecular complexity index is 1590. The maximum atomic E-state index is 13.0. The molecule has 6 nitrogen and oxygen atoms in total. The van der Waals surface area contributed by atoms with Crippen molar-refractivity contribution in [3.8, 4) is 22.6 Å². The van der Waals surface area contributed by atoms with E-state index >= 15 is 0 Å². The van der Waals surface area contributed by atoms with Crippen LogP contribution < -0.4 is 9.47 Å². The first-order valence-corrected chi connectivity index (χ1v) is 16.5. The fourth-order valence-corrected chi connectivity index (χ4v) is 6.44. The van der Waals surface area contributed by atoms with Gasteiger partial charge in [0, 0.05) is 35.9 Å². The molecule has 228 valence electrons. The molecule has 44 heavy (non-hydrogen) atoms. The maximum absolute atomic E-state index is 13.0. The average molecular weight is 610 g/mol. The second kappa shape index (κ2) is 15.6. The molecule has 0 amide bonds. The van der Waals surface area contributed by atoms with Gasteiger partial charge in [0.25, 0.3) is 0 Å². The van der Waals surface area contributed by atoms with Gasteiger partial charge in [-0.2, -0.15) is 0 Å². The first-order valence-electron chi connectivity index (χ1n) is 15.1. The molecular weight excluding hydrogens is 570 g/mol. The summed E-state index contributed by atoms with van der Waals surface area (Å²) in [4.78, 5) is 17.8. The number of hydrogen-bond donors (Lipinski definition) is 0. The Labute approximate surface area is 262 Å². The highest BCUT2D eigenvalue weighted by Gasteiger charge is 2.15. The highest BCUT2D eigenvalue weighted by molar-refractivity contribution is 7.84. The van der Waals surface area contributed by atoms with Crippen LogP contribution in [-0.4, -0.2) is 41.4 Å². The van der Waals surface area contributed by atoms with E-state index in [1.165, 1.54) is 5.56 Å².